The molecule has 1 aromatic carbocycles. The number of allylic oxidation sites excluding steroid dienone is 5. The Balaban J connectivity index is 2.29. The van der Waals surface area contributed by atoms with E-state index >= 15 is 0 Å². The van der Waals surface area contributed by atoms with Gasteiger partial charge in [0.2, 0.25) is 0 Å². The molecule has 0 aliphatic rings. The summed E-state index contributed by atoms with van der Waals surface area (Å²) in [5, 5.41) is 4.60. The molecule has 1 N–H and O–H groups in total. The van der Waals surface area contributed by atoms with Gasteiger partial charge in [-0.25, -0.2) is 9.97 Å². The standard InChI is InChI=1S/C23H32N4/c1-6-9-10-18(4)12-14-22-25-21-13-11-19(5)17-20(21)23(26-22)24-15-16-27(7-2)8-3/h6,9-14,17H,7-8,15-16H2,1-5H3,(H,24,25,26)/b9-6-,14-12+,18-10+. The fourth-order valence-corrected chi connectivity index (χ4v) is 2.85. The highest BCUT2D eigenvalue weighted by Crippen LogP contribution is 2.22. The van der Waals surface area contributed by atoms with Crippen molar-refractivity contribution in [2.75, 3.05) is 31.5 Å². The fraction of sp³-hybridized carbons (Fsp3) is 0.391. The first-order chi connectivity index (χ1) is 13.1. The Hall–Kier alpha value is -2.46. The summed E-state index contributed by atoms with van der Waals surface area (Å²) in [6.07, 6.45) is 10.2. The largest absolute Gasteiger partial charge is 0.368 e. The summed E-state index contributed by atoms with van der Waals surface area (Å²) in [4.78, 5) is 11.9. The van der Waals surface area contributed by atoms with Crippen molar-refractivity contribution < 1.29 is 0 Å². The van der Waals surface area contributed by atoms with Crippen LogP contribution in [0.1, 0.15) is 39.1 Å². The van der Waals surface area contributed by atoms with Gasteiger partial charge in [0.05, 0.1) is 5.52 Å². The van der Waals surface area contributed by atoms with Crippen LogP contribution in [-0.4, -0.2) is 41.0 Å². The molecular weight excluding hydrogens is 332 g/mol. The number of nitrogens with zero attached hydrogens (tertiary/aromatic N) is 3. The van der Waals surface area contributed by atoms with E-state index in [-0.39, 0.29) is 0 Å². The minimum Gasteiger partial charge on any atom is -0.368 e. The van der Waals surface area contributed by atoms with Crippen LogP contribution in [0.2, 0.25) is 0 Å². The van der Waals surface area contributed by atoms with E-state index in [0.29, 0.717) is 0 Å². The van der Waals surface area contributed by atoms with Gasteiger partial charge < -0.3 is 10.2 Å². The number of hydrogen-bond donors (Lipinski definition) is 1. The van der Waals surface area contributed by atoms with Gasteiger partial charge in [-0.3, -0.25) is 0 Å². The number of nitrogens with one attached hydrogen (secondary N) is 1. The summed E-state index contributed by atoms with van der Waals surface area (Å²) >= 11 is 0. The fourth-order valence-electron chi connectivity index (χ4n) is 2.85. The molecule has 0 aliphatic heterocycles. The molecule has 0 saturated heterocycles. The van der Waals surface area contributed by atoms with Crippen molar-refractivity contribution in [2.24, 2.45) is 0 Å². The van der Waals surface area contributed by atoms with E-state index in [9.17, 15) is 0 Å². The van der Waals surface area contributed by atoms with Gasteiger partial charge >= 0.3 is 0 Å². The maximum Gasteiger partial charge on any atom is 0.154 e. The van der Waals surface area contributed by atoms with E-state index in [4.69, 9.17) is 9.97 Å². The quantitative estimate of drug-likeness (QED) is 0.619. The Bertz CT molecular complexity index is 830. The Morgan fingerprint density at radius 3 is 2.67 bits per heavy atom. The van der Waals surface area contributed by atoms with Crippen LogP contribution < -0.4 is 5.32 Å². The van der Waals surface area contributed by atoms with Crippen LogP contribution in [0.3, 0.4) is 0 Å². The van der Waals surface area contributed by atoms with Crippen molar-refractivity contribution in [3.8, 4) is 0 Å². The van der Waals surface area contributed by atoms with E-state index in [1.165, 1.54) is 5.56 Å². The predicted molar refractivity (Wildman–Crippen MR) is 118 cm³/mol. The van der Waals surface area contributed by atoms with Gasteiger partial charge in [0.1, 0.15) is 5.82 Å². The van der Waals surface area contributed by atoms with Crippen LogP contribution in [0, 0.1) is 6.92 Å². The van der Waals surface area contributed by atoms with Gasteiger partial charge in [-0.05, 0) is 52.1 Å². The van der Waals surface area contributed by atoms with Gasteiger partial charge in [-0.2, -0.15) is 0 Å². The van der Waals surface area contributed by atoms with Crippen molar-refractivity contribution in [1.82, 2.24) is 14.9 Å². The Morgan fingerprint density at radius 2 is 1.96 bits per heavy atom. The van der Waals surface area contributed by atoms with E-state index in [2.05, 4.69) is 68.3 Å². The molecule has 0 aliphatic carbocycles. The molecule has 1 aromatic heterocycles. The molecule has 0 bridgehead atoms. The van der Waals surface area contributed by atoms with Gasteiger partial charge in [0, 0.05) is 18.5 Å². The molecule has 4 heteroatoms. The lowest BCUT2D eigenvalue weighted by atomic mass is 10.1. The monoisotopic (exact) mass is 364 g/mol. The van der Waals surface area contributed by atoms with Gasteiger partial charge in [0.25, 0.3) is 0 Å². The maximum atomic E-state index is 4.77. The number of benzene rings is 1. The third-order valence-corrected chi connectivity index (χ3v) is 4.53. The minimum absolute atomic E-state index is 0.727. The average Bonchev–Trinajstić information content (AvgIpc) is 2.68. The summed E-state index contributed by atoms with van der Waals surface area (Å²) in [6.45, 7) is 14.6. The molecule has 4 nitrogen and oxygen atoms in total. The Morgan fingerprint density at radius 1 is 1.19 bits per heavy atom. The van der Waals surface area contributed by atoms with E-state index in [1.54, 1.807) is 0 Å². The Kier molecular flexibility index (Phi) is 8.21. The van der Waals surface area contributed by atoms with Crippen LogP contribution in [0.4, 0.5) is 5.82 Å². The van der Waals surface area contributed by atoms with Crippen molar-refractivity contribution in [1.29, 1.82) is 0 Å². The number of anilines is 1. The molecule has 144 valence electrons. The number of rotatable bonds is 9. The van der Waals surface area contributed by atoms with Gasteiger partial charge in [-0.15, -0.1) is 0 Å². The van der Waals surface area contributed by atoms with Crippen molar-refractivity contribution in [2.45, 2.75) is 34.6 Å². The molecule has 2 aromatic rings. The highest BCUT2D eigenvalue weighted by molar-refractivity contribution is 5.90. The number of likely N-dealkylation sites (N-methyl/N-ethyl adjacent to an activating group) is 1. The first-order valence-electron chi connectivity index (χ1n) is 9.79. The third-order valence-electron chi connectivity index (χ3n) is 4.53. The number of aryl methyl sites for hydroxylation is 1. The summed E-state index contributed by atoms with van der Waals surface area (Å²) in [5.41, 5.74) is 3.35. The lowest BCUT2D eigenvalue weighted by Gasteiger charge is -2.18. The van der Waals surface area contributed by atoms with E-state index in [0.717, 1.165) is 54.3 Å². The van der Waals surface area contributed by atoms with Crippen molar-refractivity contribution in [3.05, 3.63) is 59.5 Å². The maximum absolute atomic E-state index is 4.77. The molecule has 27 heavy (non-hydrogen) atoms. The zero-order valence-corrected chi connectivity index (χ0v) is 17.3. The minimum atomic E-state index is 0.727. The highest BCUT2D eigenvalue weighted by atomic mass is 15.1. The summed E-state index contributed by atoms with van der Waals surface area (Å²) in [5.74, 6) is 1.63. The second kappa shape index (κ2) is 10.6. The van der Waals surface area contributed by atoms with Crippen LogP contribution in [0.5, 0.6) is 0 Å². The van der Waals surface area contributed by atoms with Crippen LogP contribution in [0.15, 0.2) is 48.1 Å². The molecule has 0 unspecified atom stereocenters. The lowest BCUT2D eigenvalue weighted by Crippen LogP contribution is -2.28. The molecule has 0 amide bonds. The summed E-state index contributed by atoms with van der Waals surface area (Å²) in [6, 6.07) is 6.32. The SMILES string of the molecule is C\C=C/C=C(C)/C=C/c1nc(NCCN(CC)CC)c2cc(C)ccc2n1. The molecular formula is C23H32N4. The van der Waals surface area contributed by atoms with Crippen LogP contribution in [0.25, 0.3) is 17.0 Å². The molecule has 1 heterocycles. The zero-order chi connectivity index (χ0) is 19.6. The van der Waals surface area contributed by atoms with Crippen LogP contribution >= 0.6 is 0 Å². The number of hydrogen-bond acceptors (Lipinski definition) is 4. The third kappa shape index (κ3) is 6.33. The number of aromatic nitrogens is 2. The lowest BCUT2D eigenvalue weighted by molar-refractivity contribution is 0.316. The second-order valence-corrected chi connectivity index (χ2v) is 6.67. The molecule has 0 atom stereocenters. The van der Waals surface area contributed by atoms with Crippen molar-refractivity contribution >= 4 is 22.8 Å². The Labute approximate surface area is 163 Å². The highest BCUT2D eigenvalue weighted by Gasteiger charge is 2.07. The molecule has 0 saturated carbocycles. The van der Waals surface area contributed by atoms with Gasteiger partial charge in [-0.1, -0.05) is 55.4 Å². The smallest absolute Gasteiger partial charge is 0.154 e. The van der Waals surface area contributed by atoms with Gasteiger partial charge in [0.15, 0.2) is 5.82 Å². The average molecular weight is 365 g/mol. The zero-order valence-electron chi connectivity index (χ0n) is 17.3. The molecule has 0 spiro atoms. The van der Waals surface area contributed by atoms with E-state index < -0.39 is 0 Å². The molecule has 0 radical (unpaired) electrons. The number of fused-ring (bicyclic) bond motifs is 1. The van der Waals surface area contributed by atoms with Crippen molar-refractivity contribution in [3.63, 3.8) is 0 Å². The normalized spacial score (nSPS) is 12.7. The molecule has 0 fully saturated rings. The van der Waals surface area contributed by atoms with E-state index in [1.807, 2.05) is 25.2 Å². The first kappa shape index (κ1) is 20.8. The van der Waals surface area contributed by atoms with Crippen LogP contribution in [-0.2, 0) is 0 Å². The topological polar surface area (TPSA) is 41.1 Å². The summed E-state index contributed by atoms with van der Waals surface area (Å²) in [7, 11) is 0. The second-order valence-electron chi connectivity index (χ2n) is 6.67. The predicted octanol–water partition coefficient (Wildman–Crippen LogP) is 5.23. The summed E-state index contributed by atoms with van der Waals surface area (Å²) < 4.78 is 0. The first-order valence-corrected chi connectivity index (χ1v) is 9.79. The molecule has 2 rings (SSSR count).